The molecular weight excluding hydrogens is 348 g/mol. The first-order chi connectivity index (χ1) is 13.2. The minimum Gasteiger partial charge on any atom is -0.478 e. The van der Waals surface area contributed by atoms with Gasteiger partial charge in [0.2, 0.25) is 0 Å². The highest BCUT2D eigenvalue weighted by molar-refractivity contribution is 5.85. The van der Waals surface area contributed by atoms with Crippen molar-refractivity contribution in [2.75, 3.05) is 0 Å². The topological polar surface area (TPSA) is 49.8 Å². The lowest BCUT2D eigenvalue weighted by Gasteiger charge is -2.42. The van der Waals surface area contributed by atoms with Crippen LogP contribution < -0.4 is 0 Å². The van der Waals surface area contributed by atoms with Gasteiger partial charge in [-0.3, -0.25) is 0 Å². The summed E-state index contributed by atoms with van der Waals surface area (Å²) in [4.78, 5) is 11.0. The summed E-state index contributed by atoms with van der Waals surface area (Å²) in [6, 6.07) is 0. The van der Waals surface area contributed by atoms with E-state index in [1.54, 1.807) is 6.92 Å². The summed E-state index contributed by atoms with van der Waals surface area (Å²) in [6.45, 7) is 13.5. The van der Waals surface area contributed by atoms with Gasteiger partial charge in [0, 0.05) is 5.57 Å². The summed E-state index contributed by atoms with van der Waals surface area (Å²) < 4.78 is 6.39. The molecule has 4 aliphatic rings. The molecule has 0 spiro atoms. The maximum Gasteiger partial charge on any atom is 0.330 e. The molecule has 4 rings (SSSR count). The molecule has 3 nitrogen and oxygen atoms in total. The first kappa shape index (κ1) is 20.2. The lowest BCUT2D eigenvalue weighted by Crippen LogP contribution is -2.39. The summed E-state index contributed by atoms with van der Waals surface area (Å²) in [5.74, 6) is 2.65. The molecule has 1 N–H and O–H groups in total. The number of ether oxygens (including phenoxy) is 1. The Balaban J connectivity index is 1.49. The van der Waals surface area contributed by atoms with Crippen molar-refractivity contribution in [3.8, 4) is 0 Å². The van der Waals surface area contributed by atoms with Gasteiger partial charge in [-0.25, -0.2) is 4.79 Å². The number of carboxylic acids is 1. The predicted molar refractivity (Wildman–Crippen MR) is 112 cm³/mol. The molecule has 0 aromatic heterocycles. The first-order valence-electron chi connectivity index (χ1n) is 11.4. The van der Waals surface area contributed by atoms with Crippen LogP contribution in [0.25, 0.3) is 0 Å². The Kier molecular flexibility index (Phi) is 5.05. The molecule has 0 unspecified atom stereocenters. The monoisotopic (exact) mass is 386 g/mol. The molecule has 1 aliphatic heterocycles. The van der Waals surface area contributed by atoms with Crippen molar-refractivity contribution in [2.45, 2.75) is 90.8 Å². The Hall–Kier alpha value is -1.09. The van der Waals surface area contributed by atoms with Gasteiger partial charge in [-0.05, 0) is 100 Å². The van der Waals surface area contributed by atoms with Crippen molar-refractivity contribution in [3.05, 3.63) is 23.8 Å². The molecule has 1 saturated heterocycles. The summed E-state index contributed by atoms with van der Waals surface area (Å²) in [7, 11) is 0. The molecule has 0 aromatic rings. The van der Waals surface area contributed by atoms with Crippen LogP contribution in [0.3, 0.4) is 0 Å². The highest BCUT2D eigenvalue weighted by Crippen LogP contribution is 2.65. The summed E-state index contributed by atoms with van der Waals surface area (Å²) in [6.07, 6.45) is 11.9. The molecule has 156 valence electrons. The van der Waals surface area contributed by atoms with Crippen LogP contribution in [0.1, 0.15) is 79.1 Å². The minimum absolute atomic E-state index is 0.100. The molecule has 28 heavy (non-hydrogen) atoms. The molecule has 0 amide bonds. The number of carbonyl (C=O) groups is 1. The Bertz CT molecular complexity index is 694. The maximum atomic E-state index is 11.0. The van der Waals surface area contributed by atoms with Gasteiger partial charge in [0.25, 0.3) is 0 Å². The number of carboxylic acid groups (broad SMARTS) is 1. The molecule has 0 radical (unpaired) electrons. The predicted octanol–water partition coefficient (Wildman–Crippen LogP) is 6.00. The molecule has 3 saturated carbocycles. The van der Waals surface area contributed by atoms with Crippen LogP contribution in [0.15, 0.2) is 23.8 Å². The first-order valence-corrected chi connectivity index (χ1v) is 11.4. The van der Waals surface area contributed by atoms with Crippen LogP contribution in [0, 0.1) is 35.0 Å². The van der Waals surface area contributed by atoms with E-state index < -0.39 is 5.97 Å². The second kappa shape index (κ2) is 7.00. The number of hydrogen-bond acceptors (Lipinski definition) is 2. The second-order valence-corrected chi connectivity index (χ2v) is 10.9. The fourth-order valence-electron chi connectivity index (χ4n) is 7.26. The average molecular weight is 387 g/mol. The largest absolute Gasteiger partial charge is 0.478 e. The van der Waals surface area contributed by atoms with E-state index in [1.807, 2.05) is 6.08 Å². The van der Waals surface area contributed by atoms with Gasteiger partial charge in [0.15, 0.2) is 0 Å². The minimum atomic E-state index is -0.794. The number of epoxide rings is 1. The van der Waals surface area contributed by atoms with E-state index in [1.165, 1.54) is 44.1 Å². The van der Waals surface area contributed by atoms with E-state index in [0.717, 1.165) is 24.7 Å². The van der Waals surface area contributed by atoms with Crippen molar-refractivity contribution in [2.24, 2.45) is 35.0 Å². The third-order valence-electron chi connectivity index (χ3n) is 9.26. The van der Waals surface area contributed by atoms with E-state index in [-0.39, 0.29) is 5.60 Å². The van der Waals surface area contributed by atoms with E-state index in [0.29, 0.717) is 34.8 Å². The highest BCUT2D eigenvalue weighted by Gasteiger charge is 2.65. The second-order valence-electron chi connectivity index (χ2n) is 10.9. The van der Waals surface area contributed by atoms with E-state index in [9.17, 15) is 4.79 Å². The van der Waals surface area contributed by atoms with Crippen LogP contribution in [-0.2, 0) is 9.53 Å². The van der Waals surface area contributed by atoms with Gasteiger partial charge in [-0.1, -0.05) is 32.1 Å². The molecule has 8 atom stereocenters. The fourth-order valence-corrected chi connectivity index (χ4v) is 7.26. The van der Waals surface area contributed by atoms with Gasteiger partial charge in [-0.15, -0.1) is 0 Å². The third kappa shape index (κ3) is 3.28. The van der Waals surface area contributed by atoms with Crippen LogP contribution in [0.4, 0.5) is 0 Å². The van der Waals surface area contributed by atoms with Gasteiger partial charge in [0.05, 0.1) is 11.7 Å². The Morgan fingerprint density at radius 3 is 2.82 bits per heavy atom. The summed E-state index contributed by atoms with van der Waals surface area (Å²) in [5, 5.41) is 9.07. The Morgan fingerprint density at radius 1 is 1.36 bits per heavy atom. The van der Waals surface area contributed by atoms with Crippen molar-refractivity contribution >= 4 is 5.97 Å². The lowest BCUT2D eigenvalue weighted by atomic mass is 9.62. The van der Waals surface area contributed by atoms with E-state index >= 15 is 0 Å². The van der Waals surface area contributed by atoms with Crippen molar-refractivity contribution < 1.29 is 14.6 Å². The van der Waals surface area contributed by atoms with Crippen LogP contribution in [0.2, 0.25) is 0 Å². The number of allylic oxidation sites excluding steroid dienone is 2. The van der Waals surface area contributed by atoms with Gasteiger partial charge in [-0.2, -0.15) is 0 Å². The third-order valence-corrected chi connectivity index (χ3v) is 9.26. The standard InChI is InChI=1S/C25H38O3/c1-15(7-6-8-17(3)23(26)27)18-11-12-24(4)14-19-16(2)9-10-20(19)25(5)22(28-25)13-21(18)24/h8,15,18-22H,2,6-7,9-14H2,1,3-5H3,(H,26,27)/b17-8+/t15-,18+,19+,20+,21+,22+,24-,25-/m0/s1. The molecular formula is C25H38O3. The lowest BCUT2D eigenvalue weighted by molar-refractivity contribution is -0.132. The number of fused-ring (bicyclic) bond motifs is 4. The summed E-state index contributed by atoms with van der Waals surface area (Å²) in [5.41, 5.74) is 2.47. The van der Waals surface area contributed by atoms with Crippen molar-refractivity contribution in [3.63, 3.8) is 0 Å². The summed E-state index contributed by atoms with van der Waals surface area (Å²) >= 11 is 0. The zero-order valence-electron chi connectivity index (χ0n) is 18.2. The molecule has 0 aromatic carbocycles. The number of hydrogen-bond donors (Lipinski definition) is 1. The molecule has 1 heterocycles. The highest BCUT2D eigenvalue weighted by atomic mass is 16.6. The smallest absolute Gasteiger partial charge is 0.330 e. The van der Waals surface area contributed by atoms with Crippen LogP contribution >= 0.6 is 0 Å². The van der Waals surface area contributed by atoms with Crippen molar-refractivity contribution in [1.29, 1.82) is 0 Å². The number of aliphatic carboxylic acids is 1. The zero-order chi connectivity index (χ0) is 20.3. The van der Waals surface area contributed by atoms with Crippen LogP contribution in [0.5, 0.6) is 0 Å². The molecule has 0 bridgehead atoms. The molecule has 4 fully saturated rings. The van der Waals surface area contributed by atoms with Gasteiger partial charge < -0.3 is 9.84 Å². The van der Waals surface area contributed by atoms with Gasteiger partial charge in [0.1, 0.15) is 0 Å². The zero-order valence-corrected chi connectivity index (χ0v) is 18.2. The van der Waals surface area contributed by atoms with Crippen molar-refractivity contribution in [1.82, 2.24) is 0 Å². The fraction of sp³-hybridized carbons (Fsp3) is 0.800. The molecule has 3 heteroatoms. The number of rotatable bonds is 5. The average Bonchev–Trinajstić information content (AvgIpc) is 2.95. The maximum absolute atomic E-state index is 11.0. The van der Waals surface area contributed by atoms with Crippen LogP contribution in [-0.4, -0.2) is 22.8 Å². The SMILES string of the molecule is C=C1CC[C@@H]2[C@@H]1C[C@]1(C)CC[C@H]([C@@H](C)CC/C=C(\C)C(=O)O)[C@H]1C[C@H]1O[C@@]21C. The Morgan fingerprint density at radius 2 is 2.11 bits per heavy atom. The molecule has 3 aliphatic carbocycles. The van der Waals surface area contributed by atoms with E-state index in [4.69, 9.17) is 9.84 Å². The quantitative estimate of drug-likeness (QED) is 0.358. The normalized spacial score (nSPS) is 46.2. The van der Waals surface area contributed by atoms with Gasteiger partial charge >= 0.3 is 5.97 Å². The Labute approximate surface area is 170 Å². The van der Waals surface area contributed by atoms with E-state index in [2.05, 4.69) is 27.4 Å².